The number of methoxy groups -OCH3 is 1. The smallest absolute Gasteiger partial charge is 0.355 e. The van der Waals surface area contributed by atoms with Crippen molar-refractivity contribution < 1.29 is 28.9 Å². The van der Waals surface area contributed by atoms with Crippen molar-refractivity contribution in [3.63, 3.8) is 0 Å². The standard InChI is InChI=1S/C25H34N2O6/c1-25(2,3)33-24(30)22-21(16-12-20(31-4)18(28)13-17(16)27-22)14-7-5-8-15(11-14)26-23(29)19-9-6-10-32-19/h12-15,19,27-28H,5-11H2,1-4H3,(H,26,29)/t14-,15+,19-/m0/s1. The number of esters is 1. The number of aromatic nitrogens is 1. The number of ether oxygens (including phenoxy) is 3. The zero-order valence-corrected chi connectivity index (χ0v) is 19.8. The Bertz CT molecular complexity index is 1030. The number of aromatic amines is 1. The van der Waals surface area contributed by atoms with Gasteiger partial charge in [-0.3, -0.25) is 4.79 Å². The second-order valence-electron chi connectivity index (χ2n) is 10.1. The number of H-pyrrole nitrogens is 1. The third-order valence-corrected chi connectivity index (χ3v) is 6.39. The van der Waals surface area contributed by atoms with E-state index in [2.05, 4.69) is 10.3 Å². The Hall–Kier alpha value is -2.74. The summed E-state index contributed by atoms with van der Waals surface area (Å²) in [6, 6.07) is 3.35. The molecular weight excluding hydrogens is 424 g/mol. The minimum atomic E-state index is -0.643. The topological polar surface area (TPSA) is 110 Å². The van der Waals surface area contributed by atoms with Gasteiger partial charge in [0.25, 0.3) is 0 Å². The van der Waals surface area contributed by atoms with Crippen LogP contribution in [0.5, 0.6) is 11.5 Å². The van der Waals surface area contributed by atoms with Gasteiger partial charge in [-0.15, -0.1) is 0 Å². The number of fused-ring (bicyclic) bond motifs is 1. The summed E-state index contributed by atoms with van der Waals surface area (Å²) < 4.78 is 16.5. The molecule has 1 aromatic carbocycles. The summed E-state index contributed by atoms with van der Waals surface area (Å²) in [6.07, 6.45) is 4.73. The molecule has 1 aliphatic heterocycles. The number of phenolic OH excluding ortho intramolecular Hbond substituents is 1. The van der Waals surface area contributed by atoms with Crippen LogP contribution >= 0.6 is 0 Å². The van der Waals surface area contributed by atoms with Gasteiger partial charge in [-0.25, -0.2) is 4.79 Å². The predicted octanol–water partition coefficient (Wildman–Crippen LogP) is 4.16. The quantitative estimate of drug-likeness (QED) is 0.581. The first-order valence-electron chi connectivity index (χ1n) is 11.7. The number of benzene rings is 1. The summed E-state index contributed by atoms with van der Waals surface area (Å²) in [7, 11) is 1.50. The van der Waals surface area contributed by atoms with E-state index in [1.165, 1.54) is 7.11 Å². The average molecular weight is 459 g/mol. The molecule has 1 amide bonds. The fourth-order valence-electron chi connectivity index (χ4n) is 4.97. The van der Waals surface area contributed by atoms with Gasteiger partial charge in [0.1, 0.15) is 17.4 Å². The van der Waals surface area contributed by atoms with Crippen LogP contribution in [0.3, 0.4) is 0 Å². The highest BCUT2D eigenvalue weighted by Gasteiger charge is 2.34. The minimum Gasteiger partial charge on any atom is -0.504 e. The molecule has 1 saturated carbocycles. The van der Waals surface area contributed by atoms with Gasteiger partial charge in [0.05, 0.1) is 12.6 Å². The summed E-state index contributed by atoms with van der Waals surface area (Å²) in [5, 5.41) is 14.3. The molecule has 4 rings (SSSR count). The lowest BCUT2D eigenvalue weighted by Crippen LogP contribution is -2.43. The second-order valence-corrected chi connectivity index (χ2v) is 10.1. The fraction of sp³-hybridized carbons (Fsp3) is 0.600. The molecule has 0 bridgehead atoms. The van der Waals surface area contributed by atoms with Gasteiger partial charge in [0.2, 0.25) is 5.91 Å². The molecule has 2 aromatic rings. The number of aromatic hydroxyl groups is 1. The normalized spacial score (nSPS) is 23.5. The lowest BCUT2D eigenvalue weighted by molar-refractivity contribution is -0.131. The van der Waals surface area contributed by atoms with Crippen LogP contribution in [0.15, 0.2) is 12.1 Å². The zero-order valence-electron chi connectivity index (χ0n) is 19.8. The highest BCUT2D eigenvalue weighted by Crippen LogP contribution is 2.42. The molecule has 2 aliphatic rings. The number of amides is 1. The molecule has 1 aromatic heterocycles. The summed E-state index contributed by atoms with van der Waals surface area (Å²) >= 11 is 0. The van der Waals surface area contributed by atoms with Crippen LogP contribution in [0.4, 0.5) is 0 Å². The number of hydrogen-bond acceptors (Lipinski definition) is 6. The molecule has 3 atom stereocenters. The summed E-state index contributed by atoms with van der Waals surface area (Å²) in [5.74, 6) is -0.0933. The summed E-state index contributed by atoms with van der Waals surface area (Å²) in [5.41, 5.74) is 1.25. The van der Waals surface area contributed by atoms with E-state index in [0.29, 0.717) is 30.0 Å². The average Bonchev–Trinajstić information content (AvgIpc) is 3.40. The van der Waals surface area contributed by atoms with E-state index >= 15 is 0 Å². The van der Waals surface area contributed by atoms with Crippen LogP contribution in [0.25, 0.3) is 10.9 Å². The zero-order chi connectivity index (χ0) is 23.8. The molecule has 0 spiro atoms. The molecule has 180 valence electrons. The van der Waals surface area contributed by atoms with Gasteiger partial charge in [-0.1, -0.05) is 6.42 Å². The Kier molecular flexibility index (Phi) is 6.56. The molecule has 1 aliphatic carbocycles. The lowest BCUT2D eigenvalue weighted by atomic mass is 9.80. The Morgan fingerprint density at radius 1 is 1.18 bits per heavy atom. The Morgan fingerprint density at radius 3 is 2.64 bits per heavy atom. The van der Waals surface area contributed by atoms with Crippen LogP contribution in [0, 0.1) is 0 Å². The highest BCUT2D eigenvalue weighted by atomic mass is 16.6. The van der Waals surface area contributed by atoms with Crippen LogP contribution in [0.2, 0.25) is 0 Å². The second kappa shape index (κ2) is 9.25. The van der Waals surface area contributed by atoms with Gasteiger partial charge in [0.15, 0.2) is 11.5 Å². The number of phenols is 1. The van der Waals surface area contributed by atoms with E-state index in [9.17, 15) is 14.7 Å². The number of carbonyl (C=O) groups excluding carboxylic acids is 2. The molecule has 0 radical (unpaired) electrons. The van der Waals surface area contributed by atoms with Crippen molar-refractivity contribution >= 4 is 22.8 Å². The monoisotopic (exact) mass is 458 g/mol. The number of hydrogen-bond donors (Lipinski definition) is 3. The maximum Gasteiger partial charge on any atom is 0.355 e. The lowest BCUT2D eigenvalue weighted by Gasteiger charge is -2.31. The highest BCUT2D eigenvalue weighted by molar-refractivity contribution is 6.00. The minimum absolute atomic E-state index is 0.00103. The summed E-state index contributed by atoms with van der Waals surface area (Å²) in [6.45, 7) is 6.13. The molecular formula is C25H34N2O6. The van der Waals surface area contributed by atoms with Gasteiger partial charge in [-0.2, -0.15) is 0 Å². The predicted molar refractivity (Wildman–Crippen MR) is 124 cm³/mol. The molecule has 1 saturated heterocycles. The van der Waals surface area contributed by atoms with Gasteiger partial charge in [0, 0.05) is 24.1 Å². The Morgan fingerprint density at radius 2 is 1.97 bits per heavy atom. The van der Waals surface area contributed by atoms with E-state index in [-0.39, 0.29) is 29.7 Å². The third kappa shape index (κ3) is 5.11. The van der Waals surface area contributed by atoms with Crippen LogP contribution < -0.4 is 10.1 Å². The van der Waals surface area contributed by atoms with Crippen molar-refractivity contribution in [2.75, 3.05) is 13.7 Å². The first kappa shape index (κ1) is 23.4. The van der Waals surface area contributed by atoms with E-state index in [4.69, 9.17) is 14.2 Å². The first-order chi connectivity index (χ1) is 15.7. The van der Waals surface area contributed by atoms with E-state index in [1.807, 2.05) is 20.8 Å². The SMILES string of the molecule is COc1cc2c([C@H]3CCC[C@@H](NC(=O)[C@@H]4CCCO4)C3)c(C(=O)OC(C)(C)C)[nH]c2cc1O. The molecule has 0 unspecified atom stereocenters. The number of carbonyl (C=O) groups is 2. The summed E-state index contributed by atoms with van der Waals surface area (Å²) in [4.78, 5) is 28.9. The van der Waals surface area contributed by atoms with Crippen molar-refractivity contribution in [1.29, 1.82) is 0 Å². The van der Waals surface area contributed by atoms with Crippen molar-refractivity contribution in [2.24, 2.45) is 0 Å². The molecule has 8 nitrogen and oxygen atoms in total. The molecule has 3 N–H and O–H groups in total. The van der Waals surface area contributed by atoms with Gasteiger partial charge in [-0.05, 0) is 70.4 Å². The fourth-order valence-corrected chi connectivity index (χ4v) is 4.97. The molecule has 2 fully saturated rings. The van der Waals surface area contributed by atoms with Crippen LogP contribution in [0.1, 0.15) is 81.3 Å². The van der Waals surface area contributed by atoms with Crippen molar-refractivity contribution in [1.82, 2.24) is 10.3 Å². The molecule has 2 heterocycles. The largest absolute Gasteiger partial charge is 0.504 e. The number of nitrogens with one attached hydrogen (secondary N) is 2. The third-order valence-electron chi connectivity index (χ3n) is 6.39. The van der Waals surface area contributed by atoms with Crippen LogP contribution in [-0.2, 0) is 14.3 Å². The Balaban J connectivity index is 1.67. The van der Waals surface area contributed by atoms with Gasteiger partial charge < -0.3 is 29.6 Å². The van der Waals surface area contributed by atoms with Crippen molar-refractivity contribution in [3.8, 4) is 11.5 Å². The van der Waals surface area contributed by atoms with E-state index in [0.717, 1.165) is 43.1 Å². The number of rotatable bonds is 5. The molecule has 33 heavy (non-hydrogen) atoms. The Labute approximate surface area is 194 Å². The van der Waals surface area contributed by atoms with Crippen LogP contribution in [-0.4, -0.2) is 53.4 Å². The molecule has 8 heteroatoms. The van der Waals surface area contributed by atoms with Gasteiger partial charge >= 0.3 is 5.97 Å². The first-order valence-corrected chi connectivity index (χ1v) is 11.7. The van der Waals surface area contributed by atoms with Crippen molar-refractivity contribution in [2.45, 2.75) is 83.0 Å². The van der Waals surface area contributed by atoms with E-state index in [1.54, 1.807) is 12.1 Å². The maximum atomic E-state index is 13.1. The van der Waals surface area contributed by atoms with Crippen molar-refractivity contribution in [3.05, 3.63) is 23.4 Å². The van der Waals surface area contributed by atoms with E-state index < -0.39 is 11.6 Å². The maximum absolute atomic E-state index is 13.1.